The second-order valence-electron chi connectivity index (χ2n) is 6.02. The predicted molar refractivity (Wildman–Crippen MR) is 87.4 cm³/mol. The number of benzene rings is 1. The number of anilines is 1. The molecule has 0 radical (unpaired) electrons. The highest BCUT2D eigenvalue weighted by Crippen LogP contribution is 2.43. The highest BCUT2D eigenvalue weighted by molar-refractivity contribution is 5.93. The number of rotatable bonds is 4. The molecule has 0 bridgehead atoms. The zero-order chi connectivity index (χ0) is 18.0. The maximum absolute atomic E-state index is 13.5. The van der Waals surface area contributed by atoms with E-state index in [0.29, 0.717) is 6.54 Å². The minimum atomic E-state index is -4.45. The monoisotopic (exact) mass is 352 g/mol. The van der Waals surface area contributed by atoms with Gasteiger partial charge in [-0.25, -0.2) is 4.68 Å². The minimum absolute atomic E-state index is 0.0149. The number of nitrogens with zero attached hydrogens (tertiary/aromatic N) is 2. The number of carbonyl (C=O) groups excluding carboxylic acids is 1. The van der Waals surface area contributed by atoms with E-state index in [-0.39, 0.29) is 17.9 Å². The van der Waals surface area contributed by atoms with Crippen LogP contribution in [0, 0.1) is 0 Å². The van der Waals surface area contributed by atoms with Crippen LogP contribution >= 0.6 is 0 Å². The van der Waals surface area contributed by atoms with Crippen LogP contribution in [-0.2, 0) is 0 Å². The van der Waals surface area contributed by atoms with Crippen molar-refractivity contribution in [3.05, 3.63) is 47.7 Å². The number of carbonyl (C=O) groups is 1. The van der Waals surface area contributed by atoms with Crippen molar-refractivity contribution in [3.63, 3.8) is 0 Å². The largest absolute Gasteiger partial charge is 0.410 e. The Bertz CT molecular complexity index is 742. The summed E-state index contributed by atoms with van der Waals surface area (Å²) in [7, 11) is 0. The molecule has 1 aliphatic heterocycles. The van der Waals surface area contributed by atoms with Crippen molar-refractivity contribution < 1.29 is 18.0 Å². The number of alkyl halides is 3. The normalized spacial score (nSPS) is 19.8. The fourth-order valence-electron chi connectivity index (χ4n) is 2.92. The summed E-state index contributed by atoms with van der Waals surface area (Å²) in [6.07, 6.45) is -3.90. The summed E-state index contributed by atoms with van der Waals surface area (Å²) in [5.41, 5.74) is 0.750. The number of fused-ring (bicyclic) bond motifs is 1. The highest BCUT2D eigenvalue weighted by atomic mass is 19.4. The maximum Gasteiger partial charge on any atom is 0.410 e. The molecule has 2 N–H and O–H groups in total. The Hall–Kier alpha value is -2.51. The highest BCUT2D eigenvalue weighted by Gasteiger charge is 2.46. The summed E-state index contributed by atoms with van der Waals surface area (Å²) in [6, 6.07) is 8.06. The summed E-state index contributed by atoms with van der Waals surface area (Å²) in [6.45, 7) is 2.34. The van der Waals surface area contributed by atoms with Gasteiger partial charge in [-0.05, 0) is 12.0 Å². The molecule has 1 aliphatic rings. The SMILES string of the molecule is CCCNC(=O)c1cc2n(n1)[C@@H](C(F)(F)F)C[C@@H](c1ccccc1)N2. The Balaban J connectivity index is 1.93. The van der Waals surface area contributed by atoms with E-state index in [2.05, 4.69) is 15.7 Å². The first kappa shape index (κ1) is 17.3. The third-order valence-corrected chi connectivity index (χ3v) is 4.16. The van der Waals surface area contributed by atoms with Crippen LogP contribution < -0.4 is 10.6 Å². The maximum atomic E-state index is 13.5. The fourth-order valence-corrected chi connectivity index (χ4v) is 2.92. The molecular formula is C17H19F3N4O. The Morgan fingerprint density at radius 3 is 2.72 bits per heavy atom. The topological polar surface area (TPSA) is 59.0 Å². The molecule has 1 aromatic carbocycles. The molecule has 0 aliphatic carbocycles. The first-order valence-electron chi connectivity index (χ1n) is 8.16. The molecule has 0 saturated heterocycles. The number of amides is 1. The molecule has 2 aromatic rings. The van der Waals surface area contributed by atoms with Crippen molar-refractivity contribution in [1.82, 2.24) is 15.1 Å². The first-order valence-corrected chi connectivity index (χ1v) is 8.16. The average molecular weight is 352 g/mol. The molecular weight excluding hydrogens is 333 g/mol. The molecule has 25 heavy (non-hydrogen) atoms. The molecule has 0 unspecified atom stereocenters. The molecule has 2 atom stereocenters. The standard InChI is InChI=1S/C17H19F3N4O/c1-2-8-21-16(25)13-10-15-22-12(11-6-4-3-5-7-11)9-14(17(18,19)20)24(15)23-13/h3-7,10,12,14,22H,2,8-9H2,1H3,(H,21,25)/t12-,14+/m0/s1. The quantitative estimate of drug-likeness (QED) is 0.882. The summed E-state index contributed by atoms with van der Waals surface area (Å²) < 4.78 is 41.5. The van der Waals surface area contributed by atoms with Crippen molar-refractivity contribution >= 4 is 11.7 Å². The van der Waals surface area contributed by atoms with E-state index in [1.54, 1.807) is 24.3 Å². The lowest BCUT2D eigenvalue weighted by molar-refractivity contribution is -0.173. The number of nitrogens with one attached hydrogen (secondary N) is 2. The minimum Gasteiger partial charge on any atom is -0.363 e. The van der Waals surface area contributed by atoms with Gasteiger partial charge in [0.1, 0.15) is 5.82 Å². The van der Waals surface area contributed by atoms with E-state index in [1.165, 1.54) is 6.07 Å². The lowest BCUT2D eigenvalue weighted by Crippen LogP contribution is -2.35. The molecule has 1 aromatic heterocycles. The van der Waals surface area contributed by atoms with Gasteiger partial charge < -0.3 is 10.6 Å². The second-order valence-corrected chi connectivity index (χ2v) is 6.02. The van der Waals surface area contributed by atoms with E-state index in [0.717, 1.165) is 16.7 Å². The van der Waals surface area contributed by atoms with Crippen molar-refractivity contribution in [1.29, 1.82) is 0 Å². The van der Waals surface area contributed by atoms with Crippen LogP contribution in [0.3, 0.4) is 0 Å². The number of hydrogen-bond acceptors (Lipinski definition) is 3. The van der Waals surface area contributed by atoms with Gasteiger partial charge in [0, 0.05) is 19.0 Å². The summed E-state index contributed by atoms with van der Waals surface area (Å²) in [5, 5.41) is 9.60. The Labute approximate surface area is 143 Å². The van der Waals surface area contributed by atoms with E-state index in [9.17, 15) is 18.0 Å². The lowest BCUT2D eigenvalue weighted by atomic mass is 9.97. The number of aromatic nitrogens is 2. The fraction of sp³-hybridized carbons (Fsp3) is 0.412. The zero-order valence-electron chi connectivity index (χ0n) is 13.7. The van der Waals surface area contributed by atoms with Gasteiger partial charge in [0.05, 0.1) is 6.04 Å². The molecule has 0 spiro atoms. The number of halogens is 3. The van der Waals surface area contributed by atoms with Crippen molar-refractivity contribution in [3.8, 4) is 0 Å². The Kier molecular flexibility index (Phi) is 4.69. The predicted octanol–water partition coefficient (Wildman–Crippen LogP) is 3.68. The molecule has 3 rings (SSSR count). The third kappa shape index (κ3) is 3.62. The average Bonchev–Trinajstić information content (AvgIpc) is 3.02. The summed E-state index contributed by atoms with van der Waals surface area (Å²) in [5.74, 6) is -0.271. The van der Waals surface area contributed by atoms with Gasteiger partial charge in [0.2, 0.25) is 0 Å². The van der Waals surface area contributed by atoms with Crippen LogP contribution in [0.1, 0.15) is 47.9 Å². The van der Waals surface area contributed by atoms with Gasteiger partial charge in [-0.1, -0.05) is 37.3 Å². The van der Waals surface area contributed by atoms with Crippen LogP contribution in [0.25, 0.3) is 0 Å². The molecule has 8 heteroatoms. The molecule has 5 nitrogen and oxygen atoms in total. The van der Waals surface area contributed by atoms with Crippen LogP contribution in [0.5, 0.6) is 0 Å². The lowest BCUT2D eigenvalue weighted by Gasteiger charge is -2.33. The van der Waals surface area contributed by atoms with Gasteiger partial charge in [-0.2, -0.15) is 18.3 Å². The smallest absolute Gasteiger partial charge is 0.363 e. The zero-order valence-corrected chi connectivity index (χ0v) is 13.7. The Morgan fingerprint density at radius 1 is 1.36 bits per heavy atom. The second kappa shape index (κ2) is 6.78. The summed E-state index contributed by atoms with van der Waals surface area (Å²) >= 11 is 0. The first-order chi connectivity index (χ1) is 11.9. The van der Waals surface area contributed by atoms with E-state index < -0.39 is 24.2 Å². The van der Waals surface area contributed by atoms with Crippen LogP contribution in [0.4, 0.5) is 19.0 Å². The van der Waals surface area contributed by atoms with E-state index >= 15 is 0 Å². The van der Waals surface area contributed by atoms with Gasteiger partial charge in [0.15, 0.2) is 11.7 Å². The molecule has 1 amide bonds. The third-order valence-electron chi connectivity index (χ3n) is 4.16. The molecule has 0 fully saturated rings. The summed E-state index contributed by atoms with van der Waals surface area (Å²) in [4.78, 5) is 12.0. The van der Waals surface area contributed by atoms with Crippen molar-refractivity contribution in [2.75, 3.05) is 11.9 Å². The van der Waals surface area contributed by atoms with Gasteiger partial charge in [-0.15, -0.1) is 0 Å². The van der Waals surface area contributed by atoms with Crippen molar-refractivity contribution in [2.45, 2.75) is 38.0 Å². The number of hydrogen-bond donors (Lipinski definition) is 2. The van der Waals surface area contributed by atoms with Gasteiger partial charge in [0.25, 0.3) is 5.91 Å². The molecule has 2 heterocycles. The van der Waals surface area contributed by atoms with E-state index in [4.69, 9.17) is 0 Å². The Morgan fingerprint density at radius 2 is 2.08 bits per heavy atom. The molecule has 134 valence electrons. The van der Waals surface area contributed by atoms with Crippen LogP contribution in [0.15, 0.2) is 36.4 Å². The van der Waals surface area contributed by atoms with Crippen LogP contribution in [0.2, 0.25) is 0 Å². The van der Waals surface area contributed by atoms with Gasteiger partial charge >= 0.3 is 6.18 Å². The molecule has 0 saturated carbocycles. The van der Waals surface area contributed by atoms with E-state index in [1.807, 2.05) is 13.0 Å². The van der Waals surface area contributed by atoms with Gasteiger partial charge in [-0.3, -0.25) is 4.79 Å². The van der Waals surface area contributed by atoms with Crippen molar-refractivity contribution in [2.24, 2.45) is 0 Å². The van der Waals surface area contributed by atoms with Crippen LogP contribution in [-0.4, -0.2) is 28.4 Å².